The third kappa shape index (κ3) is 6.36. The Balaban J connectivity index is 2.57. The van der Waals surface area contributed by atoms with Gasteiger partial charge in [-0.05, 0) is 58.3 Å². The fraction of sp³-hybridized carbons (Fsp3) is 0.619. The first-order valence-corrected chi connectivity index (χ1v) is 8.54. The van der Waals surface area contributed by atoms with Crippen molar-refractivity contribution in [1.29, 1.82) is 0 Å². The number of hydrogen-bond donors (Lipinski definition) is 0. The van der Waals surface area contributed by atoms with E-state index in [1.165, 1.54) is 30.4 Å². The zero-order valence-corrected chi connectivity index (χ0v) is 15.5. The summed E-state index contributed by atoms with van der Waals surface area (Å²) in [5, 5.41) is 0. The summed E-state index contributed by atoms with van der Waals surface area (Å²) in [6, 6.07) is 0. The van der Waals surface area contributed by atoms with Crippen molar-refractivity contribution in [2.75, 3.05) is 13.7 Å². The van der Waals surface area contributed by atoms with E-state index >= 15 is 0 Å². The predicted molar refractivity (Wildman–Crippen MR) is 98.1 cm³/mol. The van der Waals surface area contributed by atoms with E-state index in [9.17, 15) is 0 Å². The van der Waals surface area contributed by atoms with Crippen molar-refractivity contribution in [2.45, 2.75) is 66.7 Å². The monoisotopic (exact) mass is 302 g/mol. The van der Waals surface area contributed by atoms with Crippen molar-refractivity contribution in [3.05, 3.63) is 46.6 Å². The molecular formula is C21H34O. The first-order valence-electron chi connectivity index (χ1n) is 8.54. The van der Waals surface area contributed by atoms with Crippen molar-refractivity contribution in [1.82, 2.24) is 0 Å². The second-order valence-corrected chi connectivity index (χ2v) is 7.26. The predicted octanol–water partition coefficient (Wildman–Crippen LogP) is 6.39. The Morgan fingerprint density at radius 2 is 1.95 bits per heavy atom. The topological polar surface area (TPSA) is 9.23 Å². The SMILES string of the molecule is COC/C=C(C)/C=C/C/C(C)=C/CC1=C(C)CCCC1(C)C. The second kappa shape index (κ2) is 9.15. The molecule has 0 atom stereocenters. The van der Waals surface area contributed by atoms with Gasteiger partial charge in [0, 0.05) is 7.11 Å². The molecule has 1 aliphatic carbocycles. The molecule has 1 heteroatoms. The van der Waals surface area contributed by atoms with Gasteiger partial charge in [-0.2, -0.15) is 0 Å². The highest BCUT2D eigenvalue weighted by Gasteiger charge is 2.27. The molecular weight excluding hydrogens is 268 g/mol. The van der Waals surface area contributed by atoms with E-state index in [4.69, 9.17) is 4.74 Å². The highest BCUT2D eigenvalue weighted by atomic mass is 16.5. The van der Waals surface area contributed by atoms with Crippen LogP contribution in [0.4, 0.5) is 0 Å². The molecule has 0 aromatic carbocycles. The Bertz CT molecular complexity index is 472. The average molecular weight is 303 g/mol. The van der Waals surface area contributed by atoms with Gasteiger partial charge in [-0.3, -0.25) is 0 Å². The smallest absolute Gasteiger partial charge is 0.0649 e. The molecule has 0 spiro atoms. The molecule has 124 valence electrons. The summed E-state index contributed by atoms with van der Waals surface area (Å²) in [6.07, 6.45) is 15.1. The fourth-order valence-electron chi connectivity index (χ4n) is 3.20. The van der Waals surface area contributed by atoms with Crippen LogP contribution in [0.2, 0.25) is 0 Å². The Hall–Kier alpha value is -1.08. The largest absolute Gasteiger partial charge is 0.381 e. The summed E-state index contributed by atoms with van der Waals surface area (Å²) < 4.78 is 5.05. The van der Waals surface area contributed by atoms with Gasteiger partial charge in [-0.25, -0.2) is 0 Å². The molecule has 0 aromatic heterocycles. The number of hydrogen-bond acceptors (Lipinski definition) is 1. The lowest BCUT2D eigenvalue weighted by molar-refractivity contribution is 0.233. The molecule has 22 heavy (non-hydrogen) atoms. The van der Waals surface area contributed by atoms with Crippen LogP contribution in [0, 0.1) is 5.41 Å². The first-order chi connectivity index (χ1) is 10.4. The minimum Gasteiger partial charge on any atom is -0.381 e. The Labute approximate surface area is 137 Å². The summed E-state index contributed by atoms with van der Waals surface area (Å²) in [6.45, 7) is 12.2. The summed E-state index contributed by atoms with van der Waals surface area (Å²) in [5.74, 6) is 0. The van der Waals surface area contributed by atoms with E-state index in [1.807, 2.05) is 0 Å². The van der Waals surface area contributed by atoms with Crippen LogP contribution in [0.5, 0.6) is 0 Å². The third-order valence-electron chi connectivity index (χ3n) is 4.73. The van der Waals surface area contributed by atoms with Gasteiger partial charge in [0.2, 0.25) is 0 Å². The van der Waals surface area contributed by atoms with Crippen LogP contribution in [0.15, 0.2) is 46.6 Å². The third-order valence-corrected chi connectivity index (χ3v) is 4.73. The second-order valence-electron chi connectivity index (χ2n) is 7.26. The number of rotatable bonds is 7. The van der Waals surface area contributed by atoms with Crippen molar-refractivity contribution in [2.24, 2.45) is 5.41 Å². The van der Waals surface area contributed by atoms with E-state index in [2.05, 4.69) is 58.9 Å². The molecule has 1 nitrogen and oxygen atoms in total. The van der Waals surface area contributed by atoms with Crippen LogP contribution in [-0.4, -0.2) is 13.7 Å². The molecule has 0 N–H and O–H groups in total. The number of allylic oxidation sites excluding steroid dienone is 7. The summed E-state index contributed by atoms with van der Waals surface area (Å²) >= 11 is 0. The van der Waals surface area contributed by atoms with Crippen LogP contribution in [-0.2, 0) is 4.74 Å². The molecule has 0 heterocycles. The van der Waals surface area contributed by atoms with E-state index in [0.29, 0.717) is 12.0 Å². The van der Waals surface area contributed by atoms with Crippen LogP contribution in [0.25, 0.3) is 0 Å². The molecule has 1 rings (SSSR count). The van der Waals surface area contributed by atoms with Gasteiger partial charge in [0.25, 0.3) is 0 Å². The molecule has 1 aliphatic rings. The maximum Gasteiger partial charge on any atom is 0.0649 e. The minimum atomic E-state index is 0.383. The quantitative estimate of drug-likeness (QED) is 0.391. The van der Waals surface area contributed by atoms with Crippen molar-refractivity contribution in [3.63, 3.8) is 0 Å². The lowest BCUT2D eigenvalue weighted by Gasteiger charge is -2.34. The lowest BCUT2D eigenvalue weighted by Crippen LogP contribution is -2.20. The molecule has 0 saturated heterocycles. The van der Waals surface area contributed by atoms with Gasteiger partial charge in [0.15, 0.2) is 0 Å². The van der Waals surface area contributed by atoms with E-state index < -0.39 is 0 Å². The molecule has 0 amide bonds. The highest BCUT2D eigenvalue weighted by molar-refractivity contribution is 5.26. The molecule has 0 fully saturated rings. The van der Waals surface area contributed by atoms with Gasteiger partial charge in [-0.15, -0.1) is 0 Å². The molecule has 0 aliphatic heterocycles. The van der Waals surface area contributed by atoms with Gasteiger partial charge in [0.05, 0.1) is 6.61 Å². The van der Waals surface area contributed by atoms with Gasteiger partial charge in [0.1, 0.15) is 0 Å². The van der Waals surface area contributed by atoms with Crippen LogP contribution in [0.1, 0.15) is 66.7 Å². The van der Waals surface area contributed by atoms with E-state index in [-0.39, 0.29) is 0 Å². The van der Waals surface area contributed by atoms with Gasteiger partial charge >= 0.3 is 0 Å². The van der Waals surface area contributed by atoms with Crippen molar-refractivity contribution < 1.29 is 4.74 Å². The molecule has 0 unspecified atom stereocenters. The standard InChI is InChI=1S/C21H34O/c1-17(9-7-10-18(2)14-16-22-6)12-13-20-19(3)11-8-15-21(20,4)5/h7,10,12,14H,8-9,11,13,15-16H2,1-6H3/b10-7+,17-12+,18-14+. The van der Waals surface area contributed by atoms with Crippen molar-refractivity contribution in [3.8, 4) is 0 Å². The van der Waals surface area contributed by atoms with Gasteiger partial charge in [-0.1, -0.05) is 60.4 Å². The Morgan fingerprint density at radius 3 is 2.59 bits per heavy atom. The maximum atomic E-state index is 5.05. The number of ether oxygens (including phenoxy) is 1. The number of methoxy groups -OCH3 is 1. The van der Waals surface area contributed by atoms with Crippen LogP contribution in [0.3, 0.4) is 0 Å². The maximum absolute atomic E-state index is 5.05. The lowest BCUT2D eigenvalue weighted by atomic mass is 9.71. The van der Waals surface area contributed by atoms with Crippen LogP contribution >= 0.6 is 0 Å². The summed E-state index contributed by atoms with van der Waals surface area (Å²) in [5.41, 5.74) is 6.39. The normalized spacial score (nSPS) is 20.1. The molecule has 0 radical (unpaired) electrons. The van der Waals surface area contributed by atoms with Crippen LogP contribution < -0.4 is 0 Å². The zero-order chi connectivity index (χ0) is 16.6. The molecule has 0 saturated carbocycles. The summed E-state index contributed by atoms with van der Waals surface area (Å²) in [7, 11) is 1.73. The Morgan fingerprint density at radius 1 is 1.23 bits per heavy atom. The zero-order valence-electron chi connectivity index (χ0n) is 15.5. The summed E-state index contributed by atoms with van der Waals surface area (Å²) in [4.78, 5) is 0. The fourth-order valence-corrected chi connectivity index (χ4v) is 3.20. The van der Waals surface area contributed by atoms with Gasteiger partial charge < -0.3 is 4.74 Å². The van der Waals surface area contributed by atoms with E-state index in [0.717, 1.165) is 12.8 Å². The highest BCUT2D eigenvalue weighted by Crippen LogP contribution is 2.42. The van der Waals surface area contributed by atoms with E-state index in [1.54, 1.807) is 18.3 Å². The molecule has 0 bridgehead atoms. The average Bonchev–Trinajstić information content (AvgIpc) is 2.43. The Kier molecular flexibility index (Phi) is 7.89. The van der Waals surface area contributed by atoms with Crippen molar-refractivity contribution >= 4 is 0 Å². The molecule has 0 aromatic rings. The first kappa shape index (κ1) is 19.0. The minimum absolute atomic E-state index is 0.383.